The number of benzene rings is 1. The summed E-state index contributed by atoms with van der Waals surface area (Å²) in [7, 11) is -4.68. The molecule has 1 rings (SSSR count). The van der Waals surface area contributed by atoms with Crippen molar-refractivity contribution in [1.82, 2.24) is 5.32 Å². The lowest BCUT2D eigenvalue weighted by atomic mass is 10.1. The molecule has 1 aromatic carbocycles. The van der Waals surface area contributed by atoms with E-state index in [2.05, 4.69) is 12.2 Å². The van der Waals surface area contributed by atoms with Crippen molar-refractivity contribution in [3.63, 3.8) is 0 Å². The van der Waals surface area contributed by atoms with Crippen molar-refractivity contribution < 1.29 is 14.7 Å². The Morgan fingerprint density at radius 2 is 1.41 bits per heavy atom. The summed E-state index contributed by atoms with van der Waals surface area (Å²) in [5.74, 6) is -1.11. The maximum atomic E-state index is 11.4. The molecule has 0 aromatic heterocycles. The zero-order chi connectivity index (χ0) is 16.3. The highest BCUT2D eigenvalue weighted by atomic mass is 31.2. The van der Waals surface area contributed by atoms with E-state index in [1.165, 1.54) is 38.5 Å². The molecule has 0 aliphatic heterocycles. The highest BCUT2D eigenvalue weighted by Gasteiger charge is 2.18. The summed E-state index contributed by atoms with van der Waals surface area (Å²) >= 11 is 0. The van der Waals surface area contributed by atoms with Crippen molar-refractivity contribution in [1.29, 1.82) is 0 Å². The van der Waals surface area contributed by atoms with Gasteiger partial charge in [0.2, 0.25) is 0 Å². The SMILES string of the molecule is CCCCCCCCCCNC(c1ccccc1)[P+]([O-])([O-])[O-]. The van der Waals surface area contributed by atoms with Crippen LogP contribution in [-0.4, -0.2) is 6.54 Å². The number of unbranched alkanes of at least 4 members (excludes halogenated alkanes) is 7. The topological polar surface area (TPSA) is 81.2 Å². The van der Waals surface area contributed by atoms with E-state index in [1.807, 2.05) is 0 Å². The zero-order valence-electron chi connectivity index (χ0n) is 13.5. The van der Waals surface area contributed by atoms with E-state index in [-0.39, 0.29) is 0 Å². The average Bonchev–Trinajstić information content (AvgIpc) is 2.49. The first-order chi connectivity index (χ1) is 10.6. The van der Waals surface area contributed by atoms with Crippen molar-refractivity contribution in [2.24, 2.45) is 0 Å². The first-order valence-electron chi connectivity index (χ1n) is 8.35. The van der Waals surface area contributed by atoms with Gasteiger partial charge >= 0.3 is 0 Å². The van der Waals surface area contributed by atoms with E-state index in [0.717, 1.165) is 12.8 Å². The van der Waals surface area contributed by atoms with E-state index in [9.17, 15) is 14.7 Å². The van der Waals surface area contributed by atoms with Crippen LogP contribution in [-0.2, 0) is 0 Å². The summed E-state index contributed by atoms with van der Waals surface area (Å²) < 4.78 is 0. The minimum atomic E-state index is -4.68. The van der Waals surface area contributed by atoms with Crippen molar-refractivity contribution >= 4 is 7.94 Å². The molecule has 0 fully saturated rings. The average molecular weight is 325 g/mol. The summed E-state index contributed by atoms with van der Waals surface area (Å²) in [6, 6.07) is 8.65. The van der Waals surface area contributed by atoms with E-state index < -0.39 is 13.7 Å². The second-order valence-electron chi connectivity index (χ2n) is 5.78. The van der Waals surface area contributed by atoms with Gasteiger partial charge in [-0.15, -0.1) is 7.94 Å². The molecule has 0 heterocycles. The fourth-order valence-corrected chi connectivity index (χ4v) is 3.44. The predicted octanol–water partition coefficient (Wildman–Crippen LogP) is 2.26. The van der Waals surface area contributed by atoms with Gasteiger partial charge in [-0.2, -0.15) is 0 Å². The zero-order valence-corrected chi connectivity index (χ0v) is 14.4. The third-order valence-corrected chi connectivity index (χ3v) is 4.91. The monoisotopic (exact) mass is 325 g/mol. The van der Waals surface area contributed by atoms with Gasteiger partial charge in [0, 0.05) is 5.56 Å². The third-order valence-electron chi connectivity index (χ3n) is 3.80. The quantitative estimate of drug-likeness (QED) is 0.472. The number of nitrogens with one attached hydrogen (secondary N) is 1. The minimum Gasteiger partial charge on any atom is -0.686 e. The molecule has 1 atom stereocenters. The van der Waals surface area contributed by atoms with Gasteiger partial charge in [0.25, 0.3) is 0 Å². The Labute approximate surface area is 135 Å². The van der Waals surface area contributed by atoms with Crippen LogP contribution in [0.2, 0.25) is 0 Å². The van der Waals surface area contributed by atoms with Gasteiger partial charge in [-0.25, -0.2) is 0 Å². The second-order valence-corrected chi connectivity index (χ2v) is 7.38. The Bertz CT molecular complexity index is 381. The van der Waals surface area contributed by atoms with Crippen LogP contribution in [0.5, 0.6) is 0 Å². The van der Waals surface area contributed by atoms with Crippen molar-refractivity contribution in [2.45, 2.75) is 64.1 Å². The maximum Gasteiger partial charge on any atom is 0.127 e. The van der Waals surface area contributed by atoms with Gasteiger partial charge in [-0.3, -0.25) is 5.32 Å². The highest BCUT2D eigenvalue weighted by Crippen LogP contribution is 2.45. The lowest BCUT2D eigenvalue weighted by Gasteiger charge is -2.48. The van der Waals surface area contributed by atoms with Gasteiger partial charge in [-0.1, -0.05) is 82.2 Å². The van der Waals surface area contributed by atoms with Crippen molar-refractivity contribution in [3.05, 3.63) is 35.9 Å². The Morgan fingerprint density at radius 3 is 1.95 bits per heavy atom. The number of hydrogen-bond acceptors (Lipinski definition) is 4. The molecule has 0 bridgehead atoms. The second kappa shape index (κ2) is 11.1. The van der Waals surface area contributed by atoms with Gasteiger partial charge in [-0.05, 0) is 13.0 Å². The van der Waals surface area contributed by atoms with Crippen LogP contribution >= 0.6 is 7.94 Å². The first kappa shape index (κ1) is 19.5. The largest absolute Gasteiger partial charge is 0.686 e. The van der Waals surface area contributed by atoms with Crippen LogP contribution in [0.4, 0.5) is 0 Å². The Hall–Kier alpha value is -0.510. The standard InChI is InChI=1S/C17H30NO3P/c1-2-3-4-5-6-7-8-12-15-18-17(22(19,20)21)16-13-10-9-11-14-16/h9-11,13-14,17-18H,2-8,12,15H2,1H3,(H2,19,20,21)/p-2. The molecule has 0 spiro atoms. The molecular formula is C17H28NO3P-2. The molecule has 0 saturated carbocycles. The number of rotatable bonds is 12. The summed E-state index contributed by atoms with van der Waals surface area (Å²) in [5, 5.41) is 2.90. The minimum absolute atomic E-state index is 0.524. The fraction of sp³-hybridized carbons (Fsp3) is 0.647. The maximum absolute atomic E-state index is 11.4. The highest BCUT2D eigenvalue weighted by molar-refractivity contribution is 7.54. The molecular weight excluding hydrogens is 297 g/mol. The van der Waals surface area contributed by atoms with Crippen LogP contribution in [0.1, 0.15) is 69.6 Å². The van der Waals surface area contributed by atoms with Gasteiger partial charge in [0.05, 0.1) is 0 Å². The lowest BCUT2D eigenvalue weighted by molar-refractivity contribution is -0.432. The normalized spacial score (nSPS) is 13.3. The predicted molar refractivity (Wildman–Crippen MR) is 86.7 cm³/mol. The third kappa shape index (κ3) is 8.21. The molecule has 1 unspecified atom stereocenters. The Balaban J connectivity index is 2.23. The lowest BCUT2D eigenvalue weighted by Crippen LogP contribution is -2.42. The summed E-state index contributed by atoms with van der Waals surface area (Å²) in [4.78, 5) is 34.2. The van der Waals surface area contributed by atoms with E-state index in [1.54, 1.807) is 30.3 Å². The van der Waals surface area contributed by atoms with Gasteiger partial charge < -0.3 is 14.7 Å². The summed E-state index contributed by atoms with van der Waals surface area (Å²) in [5.41, 5.74) is 0.524. The smallest absolute Gasteiger partial charge is 0.127 e. The molecule has 0 amide bonds. The molecule has 0 radical (unpaired) electrons. The van der Waals surface area contributed by atoms with E-state index in [4.69, 9.17) is 0 Å². The van der Waals surface area contributed by atoms with Crippen molar-refractivity contribution in [2.75, 3.05) is 6.54 Å². The molecule has 1 aromatic rings. The number of hydrogen-bond donors (Lipinski definition) is 1. The molecule has 0 saturated heterocycles. The fourth-order valence-electron chi connectivity index (χ4n) is 2.55. The molecule has 0 aliphatic carbocycles. The van der Waals surface area contributed by atoms with Crippen LogP contribution in [0, 0.1) is 0 Å². The van der Waals surface area contributed by atoms with E-state index >= 15 is 0 Å². The molecule has 22 heavy (non-hydrogen) atoms. The molecule has 1 N–H and O–H groups in total. The van der Waals surface area contributed by atoms with Crippen LogP contribution in [0.25, 0.3) is 0 Å². The Morgan fingerprint density at radius 1 is 0.864 bits per heavy atom. The summed E-state index contributed by atoms with van der Waals surface area (Å²) in [6.07, 6.45) is 9.54. The van der Waals surface area contributed by atoms with Crippen LogP contribution in [0.3, 0.4) is 0 Å². The molecule has 4 nitrogen and oxygen atoms in total. The van der Waals surface area contributed by atoms with E-state index in [0.29, 0.717) is 12.1 Å². The Kier molecular flexibility index (Phi) is 9.85. The van der Waals surface area contributed by atoms with Crippen LogP contribution < -0.4 is 20.0 Å². The molecule has 126 valence electrons. The van der Waals surface area contributed by atoms with Gasteiger partial charge in [0.15, 0.2) is 0 Å². The summed E-state index contributed by atoms with van der Waals surface area (Å²) in [6.45, 7) is 2.77. The van der Waals surface area contributed by atoms with Crippen LogP contribution in [0.15, 0.2) is 30.3 Å². The van der Waals surface area contributed by atoms with Crippen molar-refractivity contribution in [3.8, 4) is 0 Å². The van der Waals surface area contributed by atoms with Gasteiger partial charge in [0.1, 0.15) is 5.78 Å². The molecule has 5 heteroatoms. The molecule has 0 aliphatic rings. The first-order valence-corrected chi connectivity index (χ1v) is 9.97.